The van der Waals surface area contributed by atoms with Gasteiger partial charge in [0.15, 0.2) is 11.6 Å². The number of aliphatic hydroxyl groups is 4. The van der Waals surface area contributed by atoms with Crippen molar-refractivity contribution < 1.29 is 20.4 Å². The molecular weight excluding hydrogens is 280 g/mol. The first-order chi connectivity index (χ1) is 10.4. The van der Waals surface area contributed by atoms with Gasteiger partial charge < -0.3 is 20.4 Å². The molecule has 0 unspecified atom stereocenters. The molecule has 4 nitrogen and oxygen atoms in total. The topological polar surface area (TPSA) is 80.9 Å². The molecule has 0 heterocycles. The maximum atomic E-state index is 10.8. The van der Waals surface area contributed by atoms with Crippen molar-refractivity contribution in [2.24, 2.45) is 0 Å². The van der Waals surface area contributed by atoms with Gasteiger partial charge in [-0.3, -0.25) is 0 Å². The highest BCUT2D eigenvalue weighted by atomic mass is 16.5. The summed E-state index contributed by atoms with van der Waals surface area (Å²) in [7, 11) is 0. The van der Waals surface area contributed by atoms with Gasteiger partial charge in [-0.2, -0.15) is 0 Å². The quantitative estimate of drug-likeness (QED) is 0.634. The Balaban J connectivity index is 2.36. The Bertz CT molecular complexity index is 577. The average Bonchev–Trinajstić information content (AvgIpc) is 2.48. The molecule has 3 rings (SSSR count). The first kappa shape index (κ1) is 15.2. The first-order valence-electron chi connectivity index (χ1n) is 7.42. The molecule has 0 atom stereocenters. The molecule has 0 radical (unpaired) electrons. The molecule has 1 aliphatic rings. The second-order valence-corrected chi connectivity index (χ2v) is 5.97. The average molecular weight is 300 g/mol. The van der Waals surface area contributed by atoms with Gasteiger partial charge in [-0.15, -0.1) is 0 Å². The highest BCUT2D eigenvalue weighted by molar-refractivity contribution is 5.46. The summed E-state index contributed by atoms with van der Waals surface area (Å²) in [6.45, 7) is 0. The van der Waals surface area contributed by atoms with Crippen molar-refractivity contribution in [3.05, 3.63) is 71.8 Å². The summed E-state index contributed by atoms with van der Waals surface area (Å²) in [6, 6.07) is 17.4. The highest BCUT2D eigenvalue weighted by Crippen LogP contribution is 2.54. The summed E-state index contributed by atoms with van der Waals surface area (Å²) in [6.07, 6.45) is 0.459. The smallest absolute Gasteiger partial charge is 0.181 e. The molecule has 0 amide bonds. The molecule has 0 bridgehead atoms. The standard InChI is InChI=1S/C18H20O4/c19-16(20)12-7-13-17(21,22)18(16,14-8-3-1-4-9-14)15-10-5-2-6-11-15/h1-6,8-11,19-22H,7,12-13H2. The molecular formula is C18H20O4. The van der Waals surface area contributed by atoms with E-state index in [0.29, 0.717) is 17.5 Å². The fourth-order valence-electron chi connectivity index (χ4n) is 3.74. The van der Waals surface area contributed by atoms with Gasteiger partial charge in [-0.05, 0) is 17.5 Å². The number of benzene rings is 2. The molecule has 0 saturated heterocycles. The van der Waals surface area contributed by atoms with Crippen molar-refractivity contribution in [2.45, 2.75) is 36.3 Å². The van der Waals surface area contributed by atoms with Gasteiger partial charge in [-0.25, -0.2) is 0 Å². The van der Waals surface area contributed by atoms with Crippen LogP contribution in [0.4, 0.5) is 0 Å². The lowest BCUT2D eigenvalue weighted by Gasteiger charge is -2.54. The van der Waals surface area contributed by atoms with Crippen molar-refractivity contribution in [1.29, 1.82) is 0 Å². The van der Waals surface area contributed by atoms with Gasteiger partial charge >= 0.3 is 0 Å². The van der Waals surface area contributed by atoms with Crippen LogP contribution in [-0.2, 0) is 5.41 Å². The minimum Gasteiger partial charge on any atom is -0.364 e. The zero-order valence-electron chi connectivity index (χ0n) is 12.2. The van der Waals surface area contributed by atoms with Gasteiger partial charge in [0, 0.05) is 12.8 Å². The van der Waals surface area contributed by atoms with Gasteiger partial charge in [0.25, 0.3) is 0 Å². The summed E-state index contributed by atoms with van der Waals surface area (Å²) < 4.78 is 0. The minimum atomic E-state index is -2.27. The Labute approximate surface area is 129 Å². The van der Waals surface area contributed by atoms with Crippen LogP contribution in [0.25, 0.3) is 0 Å². The van der Waals surface area contributed by atoms with E-state index in [1.807, 2.05) is 0 Å². The Morgan fingerprint density at radius 1 is 0.591 bits per heavy atom. The van der Waals surface area contributed by atoms with Crippen LogP contribution in [0.15, 0.2) is 60.7 Å². The Morgan fingerprint density at radius 2 is 0.955 bits per heavy atom. The molecule has 0 aliphatic heterocycles. The lowest BCUT2D eigenvalue weighted by atomic mass is 9.57. The highest BCUT2D eigenvalue weighted by Gasteiger charge is 2.65. The van der Waals surface area contributed by atoms with Crippen LogP contribution in [0.3, 0.4) is 0 Å². The third-order valence-electron chi connectivity index (χ3n) is 4.67. The van der Waals surface area contributed by atoms with E-state index in [2.05, 4.69) is 0 Å². The largest absolute Gasteiger partial charge is 0.364 e. The first-order valence-corrected chi connectivity index (χ1v) is 7.42. The normalized spacial score (nSPS) is 22.2. The van der Waals surface area contributed by atoms with Crippen LogP contribution in [-0.4, -0.2) is 32.0 Å². The van der Waals surface area contributed by atoms with Crippen LogP contribution in [0, 0.1) is 0 Å². The van der Waals surface area contributed by atoms with E-state index in [0.717, 1.165) is 0 Å². The van der Waals surface area contributed by atoms with Gasteiger partial charge in [-0.1, -0.05) is 60.7 Å². The summed E-state index contributed by atoms with van der Waals surface area (Å²) in [4.78, 5) is 0. The van der Waals surface area contributed by atoms with Crippen LogP contribution < -0.4 is 0 Å². The predicted octanol–water partition coefficient (Wildman–Crippen LogP) is 1.52. The SMILES string of the molecule is OC1(O)CCCC(O)(O)C1(c1ccccc1)c1ccccc1. The van der Waals surface area contributed by atoms with Crippen molar-refractivity contribution in [3.8, 4) is 0 Å². The summed E-state index contributed by atoms with van der Waals surface area (Å²) in [5.74, 6) is -4.53. The van der Waals surface area contributed by atoms with Crippen LogP contribution in [0.2, 0.25) is 0 Å². The Hall–Kier alpha value is -1.72. The number of hydrogen-bond acceptors (Lipinski definition) is 4. The van der Waals surface area contributed by atoms with Crippen LogP contribution in [0.1, 0.15) is 30.4 Å². The van der Waals surface area contributed by atoms with Crippen molar-refractivity contribution in [2.75, 3.05) is 0 Å². The maximum absolute atomic E-state index is 10.8. The van der Waals surface area contributed by atoms with Gasteiger partial charge in [0.05, 0.1) is 0 Å². The number of rotatable bonds is 2. The Kier molecular flexibility index (Phi) is 3.57. The van der Waals surface area contributed by atoms with E-state index in [1.54, 1.807) is 60.7 Å². The lowest BCUT2D eigenvalue weighted by Crippen LogP contribution is -2.68. The van der Waals surface area contributed by atoms with Gasteiger partial charge in [0.2, 0.25) is 0 Å². The molecule has 4 heteroatoms. The fourth-order valence-corrected chi connectivity index (χ4v) is 3.74. The monoisotopic (exact) mass is 300 g/mol. The molecule has 1 fully saturated rings. The van der Waals surface area contributed by atoms with E-state index >= 15 is 0 Å². The predicted molar refractivity (Wildman–Crippen MR) is 81.9 cm³/mol. The van der Waals surface area contributed by atoms with Crippen LogP contribution in [0.5, 0.6) is 0 Å². The molecule has 2 aromatic carbocycles. The van der Waals surface area contributed by atoms with Crippen molar-refractivity contribution in [1.82, 2.24) is 0 Å². The fraction of sp³-hybridized carbons (Fsp3) is 0.333. The molecule has 116 valence electrons. The maximum Gasteiger partial charge on any atom is 0.181 e. The molecule has 0 spiro atoms. The summed E-state index contributed by atoms with van der Waals surface area (Å²) in [5.41, 5.74) is -0.785. The van der Waals surface area contributed by atoms with E-state index < -0.39 is 17.0 Å². The lowest BCUT2D eigenvalue weighted by molar-refractivity contribution is -0.328. The van der Waals surface area contributed by atoms with Crippen molar-refractivity contribution in [3.63, 3.8) is 0 Å². The summed E-state index contributed by atoms with van der Waals surface area (Å²) >= 11 is 0. The molecule has 0 aromatic heterocycles. The number of hydrogen-bond donors (Lipinski definition) is 4. The zero-order valence-corrected chi connectivity index (χ0v) is 12.2. The second kappa shape index (κ2) is 5.18. The molecule has 1 saturated carbocycles. The summed E-state index contributed by atoms with van der Waals surface area (Å²) in [5, 5.41) is 43.1. The van der Waals surface area contributed by atoms with E-state index in [9.17, 15) is 20.4 Å². The zero-order chi connectivity index (χ0) is 15.8. The van der Waals surface area contributed by atoms with Gasteiger partial charge in [0.1, 0.15) is 5.41 Å². The third kappa shape index (κ3) is 2.00. The van der Waals surface area contributed by atoms with E-state index in [1.165, 1.54) is 0 Å². The second-order valence-electron chi connectivity index (χ2n) is 5.97. The molecule has 4 N–H and O–H groups in total. The minimum absolute atomic E-state index is 0.0691. The molecule has 2 aromatic rings. The molecule has 1 aliphatic carbocycles. The Morgan fingerprint density at radius 3 is 1.32 bits per heavy atom. The van der Waals surface area contributed by atoms with E-state index in [4.69, 9.17) is 0 Å². The van der Waals surface area contributed by atoms with Crippen LogP contribution >= 0.6 is 0 Å². The molecule has 22 heavy (non-hydrogen) atoms. The van der Waals surface area contributed by atoms with Crippen molar-refractivity contribution >= 4 is 0 Å². The van der Waals surface area contributed by atoms with E-state index in [-0.39, 0.29) is 12.8 Å². The third-order valence-corrected chi connectivity index (χ3v) is 4.67.